The van der Waals surface area contributed by atoms with Crippen molar-refractivity contribution in [2.45, 2.75) is 18.9 Å². The molecule has 6 heteroatoms. The Morgan fingerprint density at radius 3 is 2.80 bits per heavy atom. The predicted octanol–water partition coefficient (Wildman–Crippen LogP) is -1.37. The van der Waals surface area contributed by atoms with Crippen molar-refractivity contribution in [3.8, 4) is 0 Å². The monoisotopic (exact) mass is 216 g/mol. The van der Waals surface area contributed by atoms with Crippen LogP contribution in [-0.2, 0) is 9.59 Å². The van der Waals surface area contributed by atoms with Crippen molar-refractivity contribution in [3.05, 3.63) is 0 Å². The number of carbonyl (C=O) groups is 2. The molecule has 1 aliphatic heterocycles. The van der Waals surface area contributed by atoms with Gasteiger partial charge in [-0.15, -0.1) is 0 Å². The van der Waals surface area contributed by atoms with Gasteiger partial charge in [-0.1, -0.05) is 0 Å². The average Bonchev–Trinajstić information content (AvgIpc) is 2.55. The van der Waals surface area contributed by atoms with Gasteiger partial charge in [0.25, 0.3) is 0 Å². The van der Waals surface area contributed by atoms with Crippen molar-refractivity contribution in [2.24, 2.45) is 11.7 Å². The van der Waals surface area contributed by atoms with Crippen molar-refractivity contribution in [2.75, 3.05) is 19.6 Å². The van der Waals surface area contributed by atoms with Crippen molar-refractivity contribution < 1.29 is 19.8 Å². The SMILES string of the molecule is NCC1CC(=O)N(CC[C@H](O)C(=O)O)C1. The lowest BCUT2D eigenvalue weighted by atomic mass is 10.1. The smallest absolute Gasteiger partial charge is 0.332 e. The maximum Gasteiger partial charge on any atom is 0.332 e. The Hall–Kier alpha value is -1.14. The van der Waals surface area contributed by atoms with Crippen LogP contribution < -0.4 is 5.73 Å². The standard InChI is InChI=1S/C9H16N2O4/c10-4-6-3-8(13)11(5-6)2-1-7(12)9(14)15/h6-7,12H,1-5,10H2,(H,14,15)/t6?,7-/m0/s1. The first-order chi connectivity index (χ1) is 7.04. The molecule has 4 N–H and O–H groups in total. The van der Waals surface area contributed by atoms with E-state index in [1.807, 2.05) is 0 Å². The third-order valence-electron chi connectivity index (χ3n) is 2.59. The van der Waals surface area contributed by atoms with Gasteiger partial charge in [0.05, 0.1) is 0 Å². The third kappa shape index (κ3) is 3.17. The van der Waals surface area contributed by atoms with Gasteiger partial charge in [-0.3, -0.25) is 4.79 Å². The zero-order chi connectivity index (χ0) is 11.4. The third-order valence-corrected chi connectivity index (χ3v) is 2.59. The molecule has 1 fully saturated rings. The van der Waals surface area contributed by atoms with Gasteiger partial charge in [0, 0.05) is 25.9 Å². The Balaban J connectivity index is 2.33. The second-order valence-electron chi connectivity index (χ2n) is 3.79. The number of carboxylic acid groups (broad SMARTS) is 1. The molecule has 1 amide bonds. The van der Waals surface area contributed by atoms with E-state index in [9.17, 15) is 9.59 Å². The molecule has 15 heavy (non-hydrogen) atoms. The molecule has 6 nitrogen and oxygen atoms in total. The van der Waals surface area contributed by atoms with Gasteiger partial charge in [-0.2, -0.15) is 0 Å². The summed E-state index contributed by atoms with van der Waals surface area (Å²) in [6.07, 6.45) is -0.896. The van der Waals surface area contributed by atoms with Crippen LogP contribution in [0.15, 0.2) is 0 Å². The minimum atomic E-state index is -1.39. The van der Waals surface area contributed by atoms with E-state index in [0.29, 0.717) is 19.5 Å². The van der Waals surface area contributed by atoms with E-state index in [-0.39, 0.29) is 24.8 Å². The van der Waals surface area contributed by atoms with E-state index in [1.165, 1.54) is 0 Å². The number of aliphatic hydroxyl groups is 1. The number of hydrogen-bond acceptors (Lipinski definition) is 4. The summed E-state index contributed by atoms with van der Waals surface area (Å²) in [6, 6.07) is 0. The maximum atomic E-state index is 11.4. The van der Waals surface area contributed by atoms with Gasteiger partial charge in [-0.05, 0) is 12.5 Å². The van der Waals surface area contributed by atoms with Crippen LogP contribution in [0.3, 0.4) is 0 Å². The Morgan fingerprint density at radius 2 is 2.33 bits per heavy atom. The lowest BCUT2D eigenvalue weighted by molar-refractivity contribution is -0.147. The van der Waals surface area contributed by atoms with Crippen molar-refractivity contribution >= 4 is 11.9 Å². The van der Waals surface area contributed by atoms with Crippen LogP contribution >= 0.6 is 0 Å². The van der Waals surface area contributed by atoms with Crippen LogP contribution in [0, 0.1) is 5.92 Å². The van der Waals surface area contributed by atoms with Crippen LogP contribution in [0.25, 0.3) is 0 Å². The number of likely N-dealkylation sites (tertiary alicyclic amines) is 1. The highest BCUT2D eigenvalue weighted by atomic mass is 16.4. The number of carboxylic acids is 1. The molecule has 0 aliphatic carbocycles. The van der Waals surface area contributed by atoms with Gasteiger partial charge < -0.3 is 20.8 Å². The predicted molar refractivity (Wildman–Crippen MR) is 52.0 cm³/mol. The summed E-state index contributed by atoms with van der Waals surface area (Å²) >= 11 is 0. The highest BCUT2D eigenvalue weighted by Crippen LogP contribution is 2.16. The Labute approximate surface area is 87.7 Å². The molecule has 0 spiro atoms. The summed E-state index contributed by atoms with van der Waals surface area (Å²) in [5.74, 6) is -1.10. The van der Waals surface area contributed by atoms with Gasteiger partial charge in [0.15, 0.2) is 6.10 Å². The molecule has 0 aromatic heterocycles. The molecule has 0 saturated carbocycles. The molecule has 1 aliphatic rings. The van der Waals surface area contributed by atoms with Crippen LogP contribution in [-0.4, -0.2) is 52.7 Å². The molecule has 0 bridgehead atoms. The number of nitrogens with two attached hydrogens (primary N) is 1. The first-order valence-electron chi connectivity index (χ1n) is 4.93. The molecule has 0 radical (unpaired) electrons. The van der Waals surface area contributed by atoms with E-state index >= 15 is 0 Å². The highest BCUT2D eigenvalue weighted by Gasteiger charge is 2.29. The fourth-order valence-corrected chi connectivity index (χ4v) is 1.63. The fourth-order valence-electron chi connectivity index (χ4n) is 1.63. The fraction of sp³-hybridized carbons (Fsp3) is 0.778. The summed E-state index contributed by atoms with van der Waals surface area (Å²) in [5, 5.41) is 17.5. The molecule has 0 aromatic rings. The van der Waals surface area contributed by atoms with Crippen LogP contribution in [0.5, 0.6) is 0 Å². The second kappa shape index (κ2) is 5.09. The largest absolute Gasteiger partial charge is 0.479 e. The summed E-state index contributed by atoms with van der Waals surface area (Å²) in [4.78, 5) is 23.3. The zero-order valence-corrected chi connectivity index (χ0v) is 8.43. The van der Waals surface area contributed by atoms with Crippen molar-refractivity contribution in [3.63, 3.8) is 0 Å². The molecule has 1 unspecified atom stereocenters. The van der Waals surface area contributed by atoms with Crippen LogP contribution in [0.2, 0.25) is 0 Å². The van der Waals surface area contributed by atoms with Gasteiger partial charge >= 0.3 is 5.97 Å². The Kier molecular flexibility index (Phi) is 4.05. The average molecular weight is 216 g/mol. The molecule has 0 aromatic carbocycles. The second-order valence-corrected chi connectivity index (χ2v) is 3.79. The van der Waals surface area contributed by atoms with Crippen molar-refractivity contribution in [1.82, 2.24) is 4.90 Å². The molecule has 1 saturated heterocycles. The molecule has 2 atom stereocenters. The van der Waals surface area contributed by atoms with E-state index in [1.54, 1.807) is 4.90 Å². The highest BCUT2D eigenvalue weighted by molar-refractivity contribution is 5.78. The molecule has 86 valence electrons. The molecule has 1 rings (SSSR count). The number of rotatable bonds is 5. The Bertz CT molecular complexity index is 256. The van der Waals surface area contributed by atoms with E-state index in [4.69, 9.17) is 15.9 Å². The Morgan fingerprint density at radius 1 is 1.67 bits per heavy atom. The summed E-state index contributed by atoms with van der Waals surface area (Å²) in [5.41, 5.74) is 5.44. The van der Waals surface area contributed by atoms with Crippen LogP contribution in [0.4, 0.5) is 0 Å². The number of carbonyl (C=O) groups excluding carboxylic acids is 1. The molecular weight excluding hydrogens is 200 g/mol. The quantitative estimate of drug-likeness (QED) is 0.526. The van der Waals surface area contributed by atoms with E-state index in [0.717, 1.165) is 0 Å². The first-order valence-corrected chi connectivity index (χ1v) is 4.93. The van der Waals surface area contributed by atoms with Crippen LogP contribution in [0.1, 0.15) is 12.8 Å². The van der Waals surface area contributed by atoms with Gasteiger partial charge in [0.1, 0.15) is 0 Å². The normalized spacial score (nSPS) is 23.2. The van der Waals surface area contributed by atoms with E-state index in [2.05, 4.69) is 0 Å². The minimum absolute atomic E-state index is 0.0111. The first kappa shape index (κ1) is 11.9. The number of amides is 1. The zero-order valence-electron chi connectivity index (χ0n) is 8.43. The summed E-state index contributed by atoms with van der Waals surface area (Å²) < 4.78 is 0. The number of nitrogens with zero attached hydrogens (tertiary/aromatic N) is 1. The molecule has 1 heterocycles. The number of hydrogen-bond donors (Lipinski definition) is 3. The lowest BCUT2D eigenvalue weighted by Gasteiger charge is -2.17. The lowest BCUT2D eigenvalue weighted by Crippen LogP contribution is -2.31. The van der Waals surface area contributed by atoms with E-state index < -0.39 is 12.1 Å². The summed E-state index contributed by atoms with van der Waals surface area (Å²) in [6.45, 7) is 1.31. The van der Waals surface area contributed by atoms with Gasteiger partial charge in [-0.25, -0.2) is 4.79 Å². The maximum absolute atomic E-state index is 11.4. The summed E-state index contributed by atoms with van der Waals surface area (Å²) in [7, 11) is 0. The number of aliphatic hydroxyl groups excluding tert-OH is 1. The number of aliphatic carboxylic acids is 1. The van der Waals surface area contributed by atoms with Gasteiger partial charge in [0.2, 0.25) is 5.91 Å². The topological polar surface area (TPSA) is 104 Å². The minimum Gasteiger partial charge on any atom is -0.479 e. The molecular formula is C9H16N2O4. The van der Waals surface area contributed by atoms with Crippen molar-refractivity contribution in [1.29, 1.82) is 0 Å².